The van der Waals surface area contributed by atoms with Gasteiger partial charge in [0.15, 0.2) is 0 Å². The first-order valence-corrected chi connectivity index (χ1v) is 4.04. The van der Waals surface area contributed by atoms with E-state index in [0.717, 1.165) is 18.2 Å². The van der Waals surface area contributed by atoms with Crippen molar-refractivity contribution in [3.63, 3.8) is 0 Å². The van der Waals surface area contributed by atoms with Crippen LogP contribution in [0.1, 0.15) is 12.5 Å². The van der Waals surface area contributed by atoms with Crippen molar-refractivity contribution in [3.05, 3.63) is 29.8 Å². The van der Waals surface area contributed by atoms with E-state index in [1.807, 2.05) is 24.3 Å². The lowest BCUT2D eigenvalue weighted by atomic mass is 10.2. The number of nitrogen functional groups attached to an aromatic ring is 1. The summed E-state index contributed by atoms with van der Waals surface area (Å²) in [6.45, 7) is 1.08. The number of hydrogen-bond donors (Lipinski definition) is 2. The maximum atomic E-state index is 9.00. The molecule has 0 spiro atoms. The highest BCUT2D eigenvalue weighted by atomic mass is 16.4. The Morgan fingerprint density at radius 3 is 2.43 bits per heavy atom. The molecule has 0 radical (unpaired) electrons. The standard InChI is InChI=1S/C8H10N2.C2H4O2/c1-10-6-7-4-2-3-5-8(7)9;1-2(3)4/h2-6H,9H2,1H3;1H3,(H,3,4). The summed E-state index contributed by atoms with van der Waals surface area (Å²) in [6, 6.07) is 7.63. The van der Waals surface area contributed by atoms with Crippen LogP contribution in [0.4, 0.5) is 5.69 Å². The number of hydrogen-bond acceptors (Lipinski definition) is 3. The third kappa shape index (κ3) is 5.77. The van der Waals surface area contributed by atoms with E-state index in [0.29, 0.717) is 0 Å². The Hall–Kier alpha value is -1.84. The highest BCUT2D eigenvalue weighted by Crippen LogP contribution is 2.06. The van der Waals surface area contributed by atoms with Crippen molar-refractivity contribution in [2.75, 3.05) is 12.8 Å². The molecule has 0 amide bonds. The lowest BCUT2D eigenvalue weighted by molar-refractivity contribution is -0.134. The maximum Gasteiger partial charge on any atom is 0.300 e. The molecule has 4 nitrogen and oxygen atoms in total. The summed E-state index contributed by atoms with van der Waals surface area (Å²) < 4.78 is 0. The molecule has 0 aliphatic heterocycles. The molecule has 0 aliphatic carbocycles. The molecule has 0 aliphatic rings. The van der Waals surface area contributed by atoms with Crippen molar-refractivity contribution < 1.29 is 9.90 Å². The first kappa shape index (κ1) is 12.2. The summed E-state index contributed by atoms with van der Waals surface area (Å²) in [4.78, 5) is 12.9. The summed E-state index contributed by atoms with van der Waals surface area (Å²) in [5.74, 6) is -0.833. The summed E-state index contributed by atoms with van der Waals surface area (Å²) in [5.41, 5.74) is 7.36. The fraction of sp³-hybridized carbons (Fsp3) is 0.200. The predicted molar refractivity (Wildman–Crippen MR) is 57.7 cm³/mol. The summed E-state index contributed by atoms with van der Waals surface area (Å²) >= 11 is 0. The topological polar surface area (TPSA) is 75.7 Å². The van der Waals surface area contributed by atoms with Crippen molar-refractivity contribution in [2.24, 2.45) is 4.99 Å². The largest absolute Gasteiger partial charge is 0.481 e. The molecule has 0 saturated carbocycles. The van der Waals surface area contributed by atoms with Gasteiger partial charge in [-0.1, -0.05) is 18.2 Å². The van der Waals surface area contributed by atoms with Gasteiger partial charge in [0.25, 0.3) is 5.97 Å². The van der Waals surface area contributed by atoms with Gasteiger partial charge in [0.05, 0.1) is 0 Å². The third-order valence-corrected chi connectivity index (χ3v) is 1.26. The van der Waals surface area contributed by atoms with Crippen LogP contribution in [-0.2, 0) is 4.79 Å². The fourth-order valence-corrected chi connectivity index (χ4v) is 0.768. The van der Waals surface area contributed by atoms with Gasteiger partial charge in [-0.05, 0) is 6.07 Å². The molecule has 1 aromatic rings. The van der Waals surface area contributed by atoms with Gasteiger partial charge in [0.1, 0.15) is 0 Å². The molecule has 0 saturated heterocycles. The first-order chi connectivity index (χ1) is 6.57. The normalized spacial score (nSPS) is 9.29. The molecule has 4 heteroatoms. The number of para-hydroxylation sites is 1. The molecule has 0 fully saturated rings. The minimum Gasteiger partial charge on any atom is -0.481 e. The van der Waals surface area contributed by atoms with E-state index in [1.165, 1.54) is 0 Å². The van der Waals surface area contributed by atoms with Gasteiger partial charge in [-0.2, -0.15) is 0 Å². The van der Waals surface area contributed by atoms with E-state index in [-0.39, 0.29) is 0 Å². The number of aliphatic imine (C=N–C) groups is 1. The van der Waals surface area contributed by atoms with E-state index >= 15 is 0 Å². The molecule has 0 bridgehead atoms. The average molecular weight is 194 g/mol. The molecule has 0 atom stereocenters. The van der Waals surface area contributed by atoms with Crippen LogP contribution in [0.2, 0.25) is 0 Å². The average Bonchev–Trinajstić information content (AvgIpc) is 2.08. The molecular formula is C10H14N2O2. The van der Waals surface area contributed by atoms with Crippen molar-refractivity contribution in [1.29, 1.82) is 0 Å². The van der Waals surface area contributed by atoms with Gasteiger partial charge in [-0.3, -0.25) is 9.79 Å². The van der Waals surface area contributed by atoms with Crippen LogP contribution >= 0.6 is 0 Å². The molecule has 1 aromatic carbocycles. The van der Waals surface area contributed by atoms with Crippen molar-refractivity contribution in [2.45, 2.75) is 6.92 Å². The molecule has 1 rings (SSSR count). The highest BCUT2D eigenvalue weighted by molar-refractivity contribution is 5.86. The van der Waals surface area contributed by atoms with E-state index in [9.17, 15) is 0 Å². The molecule has 0 heterocycles. The van der Waals surface area contributed by atoms with Crippen LogP contribution in [0.25, 0.3) is 0 Å². The van der Waals surface area contributed by atoms with Crippen LogP contribution in [-0.4, -0.2) is 24.3 Å². The SMILES string of the molecule is CC(=O)O.CN=Cc1ccccc1N. The summed E-state index contributed by atoms with van der Waals surface area (Å²) in [5, 5.41) is 7.42. The zero-order chi connectivity index (χ0) is 11.0. The quantitative estimate of drug-likeness (QED) is 0.524. The molecule has 14 heavy (non-hydrogen) atoms. The number of aliphatic carboxylic acids is 1. The summed E-state index contributed by atoms with van der Waals surface area (Å²) in [7, 11) is 1.73. The zero-order valence-corrected chi connectivity index (χ0v) is 8.27. The molecule has 3 N–H and O–H groups in total. The Bertz CT molecular complexity index is 318. The number of rotatable bonds is 1. The summed E-state index contributed by atoms with van der Waals surface area (Å²) in [6.07, 6.45) is 1.75. The number of carboxylic acid groups (broad SMARTS) is 1. The monoisotopic (exact) mass is 194 g/mol. The van der Waals surface area contributed by atoms with Crippen LogP contribution in [0.5, 0.6) is 0 Å². The van der Waals surface area contributed by atoms with Gasteiger partial charge in [0.2, 0.25) is 0 Å². The zero-order valence-electron chi connectivity index (χ0n) is 8.27. The third-order valence-electron chi connectivity index (χ3n) is 1.26. The van der Waals surface area contributed by atoms with Crippen LogP contribution in [0.15, 0.2) is 29.3 Å². The second-order valence-electron chi connectivity index (χ2n) is 2.54. The predicted octanol–water partition coefficient (Wildman–Crippen LogP) is 1.41. The van der Waals surface area contributed by atoms with Crippen LogP contribution < -0.4 is 5.73 Å². The number of benzene rings is 1. The number of carbonyl (C=O) groups is 1. The Balaban J connectivity index is 0.000000364. The number of nitrogens with two attached hydrogens (primary N) is 1. The smallest absolute Gasteiger partial charge is 0.300 e. The Morgan fingerprint density at radius 2 is 2.00 bits per heavy atom. The lowest BCUT2D eigenvalue weighted by Gasteiger charge is -1.95. The van der Waals surface area contributed by atoms with Crippen molar-refractivity contribution in [3.8, 4) is 0 Å². The van der Waals surface area contributed by atoms with Gasteiger partial charge >= 0.3 is 0 Å². The van der Waals surface area contributed by atoms with Crippen LogP contribution in [0.3, 0.4) is 0 Å². The van der Waals surface area contributed by atoms with Crippen LogP contribution in [0, 0.1) is 0 Å². The Kier molecular flexibility index (Phi) is 5.78. The molecule has 0 aromatic heterocycles. The number of anilines is 1. The number of nitrogens with zero attached hydrogens (tertiary/aromatic N) is 1. The molecule has 0 unspecified atom stereocenters. The second-order valence-corrected chi connectivity index (χ2v) is 2.54. The van der Waals surface area contributed by atoms with Gasteiger partial charge in [-0.25, -0.2) is 0 Å². The number of carboxylic acids is 1. The highest BCUT2D eigenvalue weighted by Gasteiger charge is 1.89. The minimum absolute atomic E-state index is 0.771. The fourth-order valence-electron chi connectivity index (χ4n) is 0.768. The van der Waals surface area contributed by atoms with Crippen molar-refractivity contribution in [1.82, 2.24) is 0 Å². The Labute approximate surface area is 83.1 Å². The van der Waals surface area contributed by atoms with Crippen molar-refractivity contribution >= 4 is 17.9 Å². The van der Waals surface area contributed by atoms with E-state index in [4.69, 9.17) is 15.6 Å². The second kappa shape index (κ2) is 6.65. The first-order valence-electron chi connectivity index (χ1n) is 4.04. The lowest BCUT2D eigenvalue weighted by Crippen LogP contribution is -1.91. The maximum absolute atomic E-state index is 9.00. The van der Waals surface area contributed by atoms with E-state index in [2.05, 4.69) is 4.99 Å². The van der Waals surface area contributed by atoms with Gasteiger partial charge < -0.3 is 10.8 Å². The van der Waals surface area contributed by atoms with Gasteiger partial charge in [-0.15, -0.1) is 0 Å². The Morgan fingerprint density at radius 1 is 1.50 bits per heavy atom. The van der Waals surface area contributed by atoms with Gasteiger partial charge in [0, 0.05) is 31.4 Å². The van der Waals surface area contributed by atoms with E-state index < -0.39 is 5.97 Å². The molecular weight excluding hydrogens is 180 g/mol. The van der Waals surface area contributed by atoms with E-state index in [1.54, 1.807) is 13.3 Å². The molecule has 76 valence electrons. The minimum atomic E-state index is -0.833.